The Hall–Kier alpha value is -2.89. The largest absolute Gasteiger partial charge is 0.462 e. The van der Waals surface area contributed by atoms with Crippen LogP contribution < -0.4 is 0 Å². The zero-order valence-corrected chi connectivity index (χ0v) is 44.4. The van der Waals surface area contributed by atoms with Crippen molar-refractivity contribution in [2.24, 2.45) is 0 Å². The van der Waals surface area contributed by atoms with Gasteiger partial charge < -0.3 is 14.2 Å². The predicted molar refractivity (Wildman–Crippen MR) is 288 cm³/mol. The van der Waals surface area contributed by atoms with Gasteiger partial charge in [0.2, 0.25) is 0 Å². The lowest BCUT2D eigenvalue weighted by atomic mass is 10.1. The third-order valence-corrected chi connectivity index (χ3v) is 12.5. The van der Waals surface area contributed by atoms with Gasteiger partial charge in [0.1, 0.15) is 13.2 Å². The van der Waals surface area contributed by atoms with Crippen molar-refractivity contribution >= 4 is 17.9 Å². The molecule has 0 heterocycles. The smallest absolute Gasteiger partial charge is 0.306 e. The highest BCUT2D eigenvalue weighted by molar-refractivity contribution is 5.71. The van der Waals surface area contributed by atoms with Gasteiger partial charge in [-0.2, -0.15) is 0 Å². The minimum absolute atomic E-state index is 0.0854. The number of allylic oxidation sites excluding steroid dienone is 10. The number of unbranched alkanes of at least 4 members (excludes halogenated alkanes) is 33. The summed E-state index contributed by atoms with van der Waals surface area (Å²) in [5.74, 6) is -0.913. The van der Waals surface area contributed by atoms with E-state index in [2.05, 4.69) is 81.5 Å². The monoisotopic (exact) mass is 937 g/mol. The Morgan fingerprint density at radius 3 is 0.925 bits per heavy atom. The molecule has 0 saturated carbocycles. The van der Waals surface area contributed by atoms with Crippen LogP contribution in [-0.4, -0.2) is 37.2 Å². The molecule has 388 valence electrons. The van der Waals surface area contributed by atoms with Crippen LogP contribution in [0.3, 0.4) is 0 Å². The van der Waals surface area contributed by atoms with Crippen molar-refractivity contribution in [1.82, 2.24) is 0 Å². The second-order valence-corrected chi connectivity index (χ2v) is 19.3. The van der Waals surface area contributed by atoms with Crippen LogP contribution in [0.25, 0.3) is 0 Å². The Balaban J connectivity index is 4.34. The number of hydrogen-bond donors (Lipinski definition) is 0. The summed E-state index contributed by atoms with van der Waals surface area (Å²) in [6, 6.07) is 0. The molecule has 0 amide bonds. The second-order valence-electron chi connectivity index (χ2n) is 19.3. The molecule has 0 aromatic carbocycles. The SMILES string of the molecule is CCCC/C=C\C=C/CCCCCC(=O)OCC(COC(=O)CCCCCCCCCCCC/C=C\C=C/CCCCC)OC(=O)CCCCCCCCC/C=C\CCCCCCCCCC. The van der Waals surface area contributed by atoms with Crippen LogP contribution in [0.5, 0.6) is 0 Å². The first-order valence-corrected chi connectivity index (χ1v) is 28.8. The van der Waals surface area contributed by atoms with Crippen LogP contribution in [0.2, 0.25) is 0 Å². The molecule has 1 atom stereocenters. The van der Waals surface area contributed by atoms with Gasteiger partial charge in [-0.3, -0.25) is 14.4 Å². The van der Waals surface area contributed by atoms with Crippen molar-refractivity contribution in [2.75, 3.05) is 13.2 Å². The van der Waals surface area contributed by atoms with Gasteiger partial charge in [0.05, 0.1) is 0 Å². The summed E-state index contributed by atoms with van der Waals surface area (Å²) in [6.45, 7) is 6.55. The maximum absolute atomic E-state index is 12.8. The summed E-state index contributed by atoms with van der Waals surface area (Å²) in [5.41, 5.74) is 0. The molecule has 0 aromatic rings. The van der Waals surface area contributed by atoms with Gasteiger partial charge >= 0.3 is 17.9 Å². The fourth-order valence-corrected chi connectivity index (χ4v) is 8.11. The summed E-state index contributed by atoms with van der Waals surface area (Å²) >= 11 is 0. The molecule has 0 aromatic heterocycles. The second kappa shape index (κ2) is 55.7. The zero-order chi connectivity index (χ0) is 48.6. The van der Waals surface area contributed by atoms with E-state index in [9.17, 15) is 14.4 Å². The van der Waals surface area contributed by atoms with Crippen molar-refractivity contribution in [3.05, 3.63) is 60.8 Å². The average Bonchev–Trinajstić information content (AvgIpc) is 3.33. The van der Waals surface area contributed by atoms with Gasteiger partial charge in [-0.1, -0.05) is 242 Å². The fourth-order valence-electron chi connectivity index (χ4n) is 8.11. The minimum atomic E-state index is -0.788. The molecule has 0 bridgehead atoms. The van der Waals surface area contributed by atoms with E-state index in [4.69, 9.17) is 14.2 Å². The van der Waals surface area contributed by atoms with Crippen molar-refractivity contribution < 1.29 is 28.6 Å². The van der Waals surface area contributed by atoms with Gasteiger partial charge in [-0.15, -0.1) is 0 Å². The van der Waals surface area contributed by atoms with E-state index in [-0.39, 0.29) is 31.1 Å². The Morgan fingerprint density at radius 1 is 0.299 bits per heavy atom. The molecule has 0 N–H and O–H groups in total. The quantitative estimate of drug-likeness (QED) is 0.0199. The van der Waals surface area contributed by atoms with Crippen molar-refractivity contribution in [3.63, 3.8) is 0 Å². The first-order valence-electron chi connectivity index (χ1n) is 28.8. The van der Waals surface area contributed by atoms with Crippen LogP contribution in [0.15, 0.2) is 60.8 Å². The summed E-state index contributed by atoms with van der Waals surface area (Å²) in [4.78, 5) is 38.1. The van der Waals surface area contributed by atoms with E-state index in [1.165, 1.54) is 180 Å². The summed E-state index contributed by atoms with van der Waals surface area (Å²) in [6.07, 6.45) is 69.3. The van der Waals surface area contributed by atoms with E-state index in [0.717, 1.165) is 70.6 Å². The maximum atomic E-state index is 12.8. The van der Waals surface area contributed by atoms with Crippen LogP contribution in [0, 0.1) is 0 Å². The van der Waals surface area contributed by atoms with Gasteiger partial charge in [0.15, 0.2) is 6.10 Å². The van der Waals surface area contributed by atoms with Crippen LogP contribution >= 0.6 is 0 Å². The Bertz CT molecular complexity index is 1210. The molecule has 0 aliphatic rings. The molecule has 6 heteroatoms. The third kappa shape index (κ3) is 53.9. The van der Waals surface area contributed by atoms with E-state index in [1.54, 1.807) is 0 Å². The topological polar surface area (TPSA) is 78.9 Å². The summed E-state index contributed by atoms with van der Waals surface area (Å²) < 4.78 is 16.8. The van der Waals surface area contributed by atoms with E-state index in [1.807, 2.05) is 0 Å². The van der Waals surface area contributed by atoms with Crippen LogP contribution in [0.4, 0.5) is 0 Å². The van der Waals surface area contributed by atoms with E-state index < -0.39 is 6.10 Å². The Morgan fingerprint density at radius 2 is 0.552 bits per heavy atom. The highest BCUT2D eigenvalue weighted by Crippen LogP contribution is 2.15. The molecule has 0 spiro atoms. The highest BCUT2D eigenvalue weighted by atomic mass is 16.6. The standard InChI is InChI=1S/C61H108O6/c1-4-7-10-13-16-19-22-24-26-28-30-32-34-36-39-42-45-48-51-54-60(63)66-57-58(56-65-59(62)53-50-47-44-41-38-21-18-15-12-9-6-3)67-61(64)55-52-49-46-43-40-37-35-33-31-29-27-25-23-20-17-14-11-8-5-2/h15-16,18-19,21-22,24,29,31,38,58H,4-14,17,20,23,25-28,30,32-37,39-57H2,1-3H3/b18-15-,19-16-,24-22-,31-29-,38-21-. The van der Waals surface area contributed by atoms with Gasteiger partial charge in [-0.25, -0.2) is 0 Å². The first kappa shape index (κ1) is 64.1. The summed E-state index contributed by atoms with van der Waals surface area (Å²) in [5, 5.41) is 0. The molecule has 0 rings (SSSR count). The Labute approximate surface area is 415 Å². The number of ether oxygens (including phenoxy) is 3. The number of carbonyl (C=O) groups is 3. The predicted octanol–water partition coefficient (Wildman–Crippen LogP) is 19.2. The molecule has 6 nitrogen and oxygen atoms in total. The molecular formula is C61H108O6. The lowest BCUT2D eigenvalue weighted by Crippen LogP contribution is -2.30. The molecule has 1 unspecified atom stereocenters. The molecular weight excluding hydrogens is 829 g/mol. The minimum Gasteiger partial charge on any atom is -0.462 e. The molecule has 0 fully saturated rings. The molecule has 0 radical (unpaired) electrons. The normalized spacial score (nSPS) is 12.5. The van der Waals surface area contributed by atoms with Gasteiger partial charge in [0.25, 0.3) is 0 Å². The molecule has 67 heavy (non-hydrogen) atoms. The van der Waals surface area contributed by atoms with Gasteiger partial charge in [0, 0.05) is 19.3 Å². The van der Waals surface area contributed by atoms with E-state index >= 15 is 0 Å². The number of hydrogen-bond acceptors (Lipinski definition) is 6. The lowest BCUT2D eigenvalue weighted by molar-refractivity contribution is -0.167. The van der Waals surface area contributed by atoms with Gasteiger partial charge in [-0.05, 0) is 89.9 Å². The number of rotatable bonds is 52. The van der Waals surface area contributed by atoms with E-state index in [0.29, 0.717) is 19.3 Å². The highest BCUT2D eigenvalue weighted by Gasteiger charge is 2.19. The van der Waals surface area contributed by atoms with Crippen LogP contribution in [-0.2, 0) is 28.6 Å². The fraction of sp³-hybridized carbons (Fsp3) is 0.787. The maximum Gasteiger partial charge on any atom is 0.306 e. The van der Waals surface area contributed by atoms with Crippen molar-refractivity contribution in [1.29, 1.82) is 0 Å². The zero-order valence-electron chi connectivity index (χ0n) is 44.4. The number of carbonyl (C=O) groups excluding carboxylic acids is 3. The van der Waals surface area contributed by atoms with Crippen molar-refractivity contribution in [2.45, 2.75) is 297 Å². The Kier molecular flexibility index (Phi) is 53.3. The molecule has 0 aliphatic carbocycles. The average molecular weight is 938 g/mol. The molecule has 0 aliphatic heterocycles. The third-order valence-electron chi connectivity index (χ3n) is 12.5. The number of esters is 3. The lowest BCUT2D eigenvalue weighted by Gasteiger charge is -2.18. The van der Waals surface area contributed by atoms with Crippen LogP contribution in [0.1, 0.15) is 290 Å². The summed E-state index contributed by atoms with van der Waals surface area (Å²) in [7, 11) is 0. The molecule has 0 saturated heterocycles. The first-order chi connectivity index (χ1) is 33.0. The van der Waals surface area contributed by atoms with Crippen molar-refractivity contribution in [3.8, 4) is 0 Å².